The molecule has 0 radical (unpaired) electrons. The van der Waals surface area contributed by atoms with Crippen LogP contribution in [0.1, 0.15) is 73.1 Å². The lowest BCUT2D eigenvalue weighted by Crippen LogP contribution is -2.23. The molecule has 4 aromatic carbocycles. The van der Waals surface area contributed by atoms with Gasteiger partial charge in [-0.1, -0.05) is 76.2 Å². The van der Waals surface area contributed by atoms with E-state index < -0.39 is 17.6 Å². The number of carbonyl (C=O) groups excluding carboxylic acids is 2. The van der Waals surface area contributed by atoms with Gasteiger partial charge in [0.05, 0.1) is 17.0 Å². The summed E-state index contributed by atoms with van der Waals surface area (Å²) in [5.41, 5.74) is 17.8. The number of ether oxygens (including phenoxy) is 1. The summed E-state index contributed by atoms with van der Waals surface area (Å²) in [7, 11) is 0. The number of halogens is 3. The second-order valence-corrected chi connectivity index (χ2v) is 11.6. The van der Waals surface area contributed by atoms with Gasteiger partial charge in [-0.05, 0) is 78.9 Å². The van der Waals surface area contributed by atoms with E-state index in [0.29, 0.717) is 34.7 Å². The van der Waals surface area contributed by atoms with Crippen LogP contribution in [0.3, 0.4) is 0 Å². The highest BCUT2D eigenvalue weighted by Gasteiger charge is 2.30. The molecule has 12 heteroatoms. The Morgan fingerprint density at radius 3 is 2.08 bits per heavy atom. The maximum absolute atomic E-state index is 13.0. The molecule has 0 aliphatic heterocycles. The number of hydrogen-bond acceptors (Lipinski definition) is 5. The van der Waals surface area contributed by atoms with Crippen LogP contribution in [-0.4, -0.2) is 30.0 Å². The van der Waals surface area contributed by atoms with Crippen LogP contribution in [0.2, 0.25) is 0 Å². The number of guanidine groups is 1. The fourth-order valence-electron chi connectivity index (χ4n) is 4.27. The van der Waals surface area contributed by atoms with Gasteiger partial charge in [0, 0.05) is 30.6 Å². The van der Waals surface area contributed by atoms with E-state index in [0.717, 1.165) is 41.9 Å². The maximum Gasteiger partial charge on any atom is 0.416 e. The maximum atomic E-state index is 13.0. The first-order chi connectivity index (χ1) is 24.2. The van der Waals surface area contributed by atoms with E-state index in [1.807, 2.05) is 88.4 Å². The van der Waals surface area contributed by atoms with E-state index in [-0.39, 0.29) is 24.3 Å². The molecule has 9 nitrogen and oxygen atoms in total. The summed E-state index contributed by atoms with van der Waals surface area (Å²) < 4.78 is 45.2. The Kier molecular flexibility index (Phi) is 16.9. The number of aryl methyl sites for hydroxylation is 1. The van der Waals surface area contributed by atoms with Gasteiger partial charge in [0.15, 0.2) is 5.96 Å². The zero-order valence-electron chi connectivity index (χ0n) is 29.6. The monoisotopic (exact) mass is 704 g/mol. The fourth-order valence-corrected chi connectivity index (χ4v) is 4.27. The second-order valence-electron chi connectivity index (χ2n) is 11.6. The predicted octanol–water partition coefficient (Wildman–Crippen LogP) is 8.06. The van der Waals surface area contributed by atoms with Gasteiger partial charge in [0.2, 0.25) is 5.91 Å². The minimum Gasteiger partial charge on any atom is -0.457 e. The summed E-state index contributed by atoms with van der Waals surface area (Å²) in [6.45, 7) is 10.4. The molecule has 4 aromatic rings. The minimum atomic E-state index is -4.44. The van der Waals surface area contributed by atoms with Crippen molar-refractivity contribution in [2.45, 2.75) is 60.2 Å². The average molecular weight is 705 g/mol. The number of carbonyl (C=O) groups is 2. The Bertz CT molecular complexity index is 1770. The number of hydrogen-bond donors (Lipinski definition) is 4. The average Bonchev–Trinajstić information content (AvgIpc) is 3.10. The summed E-state index contributed by atoms with van der Waals surface area (Å²) in [6, 6.07) is 27.3. The van der Waals surface area contributed by atoms with Crippen molar-refractivity contribution in [3.63, 3.8) is 0 Å². The van der Waals surface area contributed by atoms with Crippen molar-refractivity contribution in [2.75, 3.05) is 6.54 Å². The summed E-state index contributed by atoms with van der Waals surface area (Å²) >= 11 is 0. The van der Waals surface area contributed by atoms with Gasteiger partial charge in [0.1, 0.15) is 11.5 Å². The number of nitrogens with one attached hydrogen (secondary N) is 1. The van der Waals surface area contributed by atoms with Crippen molar-refractivity contribution in [1.29, 1.82) is 0 Å². The number of primary amides is 1. The number of nitrogens with two attached hydrogens (primary N) is 3. The lowest BCUT2D eigenvalue weighted by Gasteiger charge is -2.16. The number of benzene rings is 4. The smallest absolute Gasteiger partial charge is 0.416 e. The Morgan fingerprint density at radius 1 is 0.863 bits per heavy atom. The van der Waals surface area contributed by atoms with Gasteiger partial charge in [-0.3, -0.25) is 19.6 Å². The van der Waals surface area contributed by atoms with Crippen LogP contribution in [0.25, 0.3) is 0 Å². The molecule has 0 spiro atoms. The number of aliphatic imine (C=N–C) groups is 2. The normalized spacial score (nSPS) is 11.0. The molecule has 0 saturated heterocycles. The molecule has 51 heavy (non-hydrogen) atoms. The molecule has 0 saturated carbocycles. The molecule has 0 bridgehead atoms. The summed E-state index contributed by atoms with van der Waals surface area (Å²) in [4.78, 5) is 31.2. The number of alkyl halides is 3. The third-order valence-corrected chi connectivity index (χ3v) is 6.97. The molecule has 0 fully saturated rings. The van der Waals surface area contributed by atoms with Crippen molar-refractivity contribution in [3.05, 3.63) is 125 Å². The first kappa shape index (κ1) is 41.5. The van der Waals surface area contributed by atoms with Gasteiger partial charge in [-0.15, -0.1) is 0 Å². The van der Waals surface area contributed by atoms with Crippen molar-refractivity contribution in [2.24, 2.45) is 33.1 Å². The Balaban J connectivity index is 0.000000645. The van der Waals surface area contributed by atoms with Gasteiger partial charge >= 0.3 is 6.18 Å². The molecule has 0 aromatic heterocycles. The van der Waals surface area contributed by atoms with E-state index in [2.05, 4.69) is 16.0 Å². The largest absolute Gasteiger partial charge is 0.457 e. The van der Waals surface area contributed by atoms with E-state index in [1.54, 1.807) is 25.1 Å². The van der Waals surface area contributed by atoms with Gasteiger partial charge in [-0.2, -0.15) is 13.2 Å². The zero-order chi connectivity index (χ0) is 38.0. The number of para-hydroxylation sites is 2. The standard InChI is InChI=1S/C32H29F3N2O2.C4H11N3.C3H7NO/c1-21(2)30(27-14-7-8-15-29(27)39-26-12-5-4-6-13-26)37-28-19-24(17-16-22(28)3)31(38)36-20-23-10-9-11-25(18-23)32(33,34)35;1-2-3-7-4(5)6;1-2-3(4)5/h4-19,21H,20H2,1-3H3,(H,36,38);2-3H2,1H3,(H4,5,6,7);2H2,1H3,(H2,4,5). The fraction of sp³-hybridized carbons (Fsp3) is 0.282. The van der Waals surface area contributed by atoms with Crippen LogP contribution in [0, 0.1) is 12.8 Å². The Labute approximate surface area is 297 Å². The van der Waals surface area contributed by atoms with Gasteiger partial charge < -0.3 is 27.3 Å². The molecular weight excluding hydrogens is 657 g/mol. The first-order valence-corrected chi connectivity index (χ1v) is 16.5. The number of nitrogens with zero attached hydrogens (tertiary/aromatic N) is 2. The highest BCUT2D eigenvalue weighted by Crippen LogP contribution is 2.31. The van der Waals surface area contributed by atoms with Crippen molar-refractivity contribution in [3.8, 4) is 11.5 Å². The quantitative estimate of drug-likeness (QED) is 0.0917. The van der Waals surface area contributed by atoms with E-state index in [9.17, 15) is 22.8 Å². The van der Waals surface area contributed by atoms with E-state index >= 15 is 0 Å². The minimum absolute atomic E-state index is 0.0311. The topological polar surface area (TPSA) is 158 Å². The van der Waals surface area contributed by atoms with Crippen LogP contribution in [0.4, 0.5) is 18.9 Å². The third-order valence-electron chi connectivity index (χ3n) is 6.97. The van der Waals surface area contributed by atoms with E-state index in [4.69, 9.17) is 21.2 Å². The predicted molar refractivity (Wildman–Crippen MR) is 198 cm³/mol. The summed E-state index contributed by atoms with van der Waals surface area (Å²) in [5.74, 6) is 0.963. The molecule has 272 valence electrons. The molecule has 0 aliphatic carbocycles. The summed E-state index contributed by atoms with van der Waals surface area (Å²) in [5, 5.41) is 2.71. The van der Waals surface area contributed by atoms with Crippen LogP contribution in [0.15, 0.2) is 107 Å². The van der Waals surface area contributed by atoms with Crippen LogP contribution >= 0.6 is 0 Å². The highest BCUT2D eigenvalue weighted by atomic mass is 19.4. The SMILES string of the molecule is CCC(N)=O.CCCN=C(N)N.Cc1ccc(C(=O)NCc2cccc(C(F)(F)F)c2)cc1N=C(c1ccccc1Oc1ccccc1)C(C)C. The molecular formula is C39H47F3N6O3. The first-order valence-electron chi connectivity index (χ1n) is 16.5. The van der Waals surface area contributed by atoms with Crippen molar-refractivity contribution >= 4 is 29.2 Å². The second kappa shape index (κ2) is 20.8. The van der Waals surface area contributed by atoms with Crippen molar-refractivity contribution in [1.82, 2.24) is 5.32 Å². The van der Waals surface area contributed by atoms with E-state index in [1.165, 1.54) is 6.07 Å². The van der Waals surface area contributed by atoms with Crippen LogP contribution in [0.5, 0.6) is 11.5 Å². The number of rotatable bonds is 11. The number of amides is 2. The Hall–Kier alpha value is -5.65. The molecule has 0 unspecified atom stereocenters. The van der Waals surface area contributed by atoms with Crippen molar-refractivity contribution < 1.29 is 27.5 Å². The molecule has 0 atom stereocenters. The molecule has 4 rings (SSSR count). The lowest BCUT2D eigenvalue weighted by molar-refractivity contribution is -0.137. The van der Waals surface area contributed by atoms with Gasteiger partial charge in [-0.25, -0.2) is 0 Å². The Morgan fingerprint density at radius 2 is 1.51 bits per heavy atom. The lowest BCUT2D eigenvalue weighted by atomic mass is 9.98. The molecule has 2 amide bonds. The highest BCUT2D eigenvalue weighted by molar-refractivity contribution is 6.06. The summed E-state index contributed by atoms with van der Waals surface area (Å²) in [6.07, 6.45) is -3.00. The molecule has 0 heterocycles. The molecule has 0 aliphatic rings. The van der Waals surface area contributed by atoms with Crippen LogP contribution in [-0.2, 0) is 17.5 Å². The third kappa shape index (κ3) is 14.8. The molecule has 7 N–H and O–H groups in total. The zero-order valence-corrected chi connectivity index (χ0v) is 29.6. The van der Waals surface area contributed by atoms with Crippen LogP contribution < -0.4 is 27.3 Å². The van der Waals surface area contributed by atoms with Gasteiger partial charge in [0.25, 0.3) is 5.91 Å².